The predicted octanol–water partition coefficient (Wildman–Crippen LogP) is 1.45. The van der Waals surface area contributed by atoms with Gasteiger partial charge in [-0.3, -0.25) is 0 Å². The van der Waals surface area contributed by atoms with Gasteiger partial charge in [-0.25, -0.2) is 12.8 Å². The molecule has 0 aliphatic rings. The van der Waals surface area contributed by atoms with Crippen LogP contribution in [0.4, 0.5) is 4.39 Å². The van der Waals surface area contributed by atoms with Gasteiger partial charge in [0.2, 0.25) is 10.0 Å². The summed E-state index contributed by atoms with van der Waals surface area (Å²) in [6.45, 7) is 1.77. The minimum Gasteiger partial charge on any atom is -0.329 e. The lowest BCUT2D eigenvalue weighted by atomic mass is 10.3. The van der Waals surface area contributed by atoms with Crippen LogP contribution in [0.5, 0.6) is 0 Å². The highest BCUT2D eigenvalue weighted by Crippen LogP contribution is 2.27. The van der Waals surface area contributed by atoms with Gasteiger partial charge in [-0.2, -0.15) is 4.31 Å². The highest BCUT2D eigenvalue weighted by Gasteiger charge is 2.29. The van der Waals surface area contributed by atoms with E-state index < -0.39 is 26.8 Å². The van der Waals surface area contributed by atoms with Gasteiger partial charge >= 0.3 is 0 Å². The molecule has 17 heavy (non-hydrogen) atoms. The molecule has 7 heteroatoms. The zero-order valence-corrected chi connectivity index (χ0v) is 11.1. The molecule has 0 radical (unpaired) electrons. The number of benzene rings is 1. The molecule has 1 aromatic carbocycles. The van der Waals surface area contributed by atoms with Crippen molar-refractivity contribution in [2.24, 2.45) is 5.73 Å². The Kier molecular flexibility index (Phi) is 4.48. The third kappa shape index (κ3) is 2.77. The number of hydrogen-bond donors (Lipinski definition) is 1. The van der Waals surface area contributed by atoms with Crippen molar-refractivity contribution in [3.05, 3.63) is 29.0 Å². The fourth-order valence-corrected chi connectivity index (χ4v) is 3.19. The monoisotopic (exact) mass is 280 g/mol. The van der Waals surface area contributed by atoms with Crippen LogP contribution in [-0.4, -0.2) is 32.4 Å². The first kappa shape index (κ1) is 14.4. The molecular formula is C10H14ClFN2O2S. The van der Waals surface area contributed by atoms with Gasteiger partial charge in [-0.05, 0) is 19.1 Å². The van der Waals surface area contributed by atoms with Crippen LogP contribution < -0.4 is 5.73 Å². The zero-order chi connectivity index (χ0) is 13.2. The van der Waals surface area contributed by atoms with E-state index in [9.17, 15) is 12.8 Å². The SMILES string of the molecule is CC(CN)N(C)S(=O)(=O)c1c(F)cccc1Cl. The van der Waals surface area contributed by atoms with Gasteiger partial charge in [0.1, 0.15) is 10.7 Å². The molecule has 0 aromatic heterocycles. The van der Waals surface area contributed by atoms with Crippen molar-refractivity contribution in [3.8, 4) is 0 Å². The maximum Gasteiger partial charge on any atom is 0.247 e. The summed E-state index contributed by atoms with van der Waals surface area (Å²) in [6.07, 6.45) is 0. The predicted molar refractivity (Wildman–Crippen MR) is 64.9 cm³/mol. The Balaban J connectivity index is 3.32. The quantitative estimate of drug-likeness (QED) is 0.908. The van der Waals surface area contributed by atoms with E-state index in [0.717, 1.165) is 10.4 Å². The van der Waals surface area contributed by atoms with Gasteiger partial charge in [0.25, 0.3) is 0 Å². The summed E-state index contributed by atoms with van der Waals surface area (Å²) in [5.41, 5.74) is 5.39. The summed E-state index contributed by atoms with van der Waals surface area (Å²) < 4.78 is 38.8. The number of likely N-dealkylation sites (N-methyl/N-ethyl adjacent to an activating group) is 1. The molecule has 1 atom stereocenters. The number of sulfonamides is 1. The second kappa shape index (κ2) is 5.30. The van der Waals surface area contributed by atoms with Crippen LogP contribution >= 0.6 is 11.6 Å². The molecule has 0 amide bonds. The Morgan fingerprint density at radius 3 is 2.59 bits per heavy atom. The molecule has 0 heterocycles. The molecule has 0 aliphatic carbocycles. The first-order valence-electron chi connectivity index (χ1n) is 4.94. The Hall–Kier alpha value is -0.690. The lowest BCUT2D eigenvalue weighted by molar-refractivity contribution is 0.391. The van der Waals surface area contributed by atoms with E-state index in [1.807, 2.05) is 0 Å². The summed E-state index contributed by atoms with van der Waals surface area (Å²) in [6, 6.07) is 3.30. The maximum atomic E-state index is 13.6. The molecule has 1 rings (SSSR count). The van der Waals surface area contributed by atoms with Gasteiger partial charge < -0.3 is 5.73 Å². The topological polar surface area (TPSA) is 63.4 Å². The van der Waals surface area contributed by atoms with E-state index in [2.05, 4.69) is 0 Å². The summed E-state index contributed by atoms with van der Waals surface area (Å²) in [4.78, 5) is -0.510. The van der Waals surface area contributed by atoms with Gasteiger partial charge in [0.15, 0.2) is 0 Å². The molecule has 0 fully saturated rings. The zero-order valence-electron chi connectivity index (χ0n) is 9.52. The average Bonchev–Trinajstić information content (AvgIpc) is 2.26. The van der Waals surface area contributed by atoms with Crippen LogP contribution in [0.25, 0.3) is 0 Å². The second-order valence-electron chi connectivity index (χ2n) is 3.66. The second-order valence-corrected chi connectivity index (χ2v) is 6.00. The highest BCUT2D eigenvalue weighted by atomic mass is 35.5. The van der Waals surface area contributed by atoms with Crippen molar-refractivity contribution in [2.45, 2.75) is 17.9 Å². The number of nitrogens with two attached hydrogens (primary N) is 1. The summed E-state index contributed by atoms with van der Waals surface area (Å²) >= 11 is 5.73. The Morgan fingerprint density at radius 2 is 2.12 bits per heavy atom. The van der Waals surface area contributed by atoms with Crippen molar-refractivity contribution in [1.29, 1.82) is 0 Å². The van der Waals surface area contributed by atoms with E-state index in [0.29, 0.717) is 0 Å². The number of nitrogens with zero attached hydrogens (tertiary/aromatic N) is 1. The van der Waals surface area contributed by atoms with Crippen LogP contribution in [0.3, 0.4) is 0 Å². The van der Waals surface area contributed by atoms with Crippen LogP contribution in [-0.2, 0) is 10.0 Å². The smallest absolute Gasteiger partial charge is 0.247 e. The van der Waals surface area contributed by atoms with Crippen molar-refractivity contribution in [3.63, 3.8) is 0 Å². The van der Waals surface area contributed by atoms with Crippen molar-refractivity contribution < 1.29 is 12.8 Å². The summed E-state index contributed by atoms with van der Waals surface area (Å²) in [5.74, 6) is -0.867. The fourth-order valence-electron chi connectivity index (χ4n) is 1.26. The van der Waals surface area contributed by atoms with Crippen molar-refractivity contribution in [1.82, 2.24) is 4.31 Å². The first-order chi connectivity index (χ1) is 7.82. The van der Waals surface area contributed by atoms with Gasteiger partial charge in [-0.15, -0.1) is 0 Å². The van der Waals surface area contributed by atoms with Crippen LogP contribution in [0, 0.1) is 5.82 Å². The van der Waals surface area contributed by atoms with Gasteiger partial charge in [0.05, 0.1) is 5.02 Å². The average molecular weight is 281 g/mol. The van der Waals surface area contributed by atoms with Crippen LogP contribution in [0.15, 0.2) is 23.1 Å². The number of halogens is 2. The van der Waals surface area contributed by atoms with Gasteiger partial charge in [-0.1, -0.05) is 17.7 Å². The van der Waals surface area contributed by atoms with Crippen LogP contribution in [0.1, 0.15) is 6.92 Å². The van der Waals surface area contributed by atoms with E-state index in [4.69, 9.17) is 17.3 Å². The van der Waals surface area contributed by atoms with E-state index in [-0.39, 0.29) is 11.6 Å². The number of hydrogen-bond acceptors (Lipinski definition) is 3. The molecular weight excluding hydrogens is 267 g/mol. The molecule has 0 spiro atoms. The Bertz CT molecular complexity index is 487. The first-order valence-corrected chi connectivity index (χ1v) is 6.76. The van der Waals surface area contributed by atoms with E-state index >= 15 is 0 Å². The third-order valence-electron chi connectivity index (χ3n) is 2.52. The molecule has 1 aromatic rings. The van der Waals surface area contributed by atoms with Crippen molar-refractivity contribution in [2.75, 3.05) is 13.6 Å². The molecule has 0 aliphatic heterocycles. The lowest BCUT2D eigenvalue weighted by Gasteiger charge is -2.23. The molecule has 2 N–H and O–H groups in total. The molecule has 96 valence electrons. The van der Waals surface area contributed by atoms with Crippen molar-refractivity contribution >= 4 is 21.6 Å². The van der Waals surface area contributed by atoms with E-state index in [1.165, 1.54) is 19.2 Å². The standard InChI is InChI=1S/C10H14ClFN2O2S/c1-7(6-13)14(2)17(15,16)10-8(11)4-3-5-9(10)12/h3-5,7H,6,13H2,1-2H3. The molecule has 0 bridgehead atoms. The minimum absolute atomic E-state index is 0.138. The van der Waals surface area contributed by atoms with E-state index in [1.54, 1.807) is 6.92 Å². The molecule has 1 unspecified atom stereocenters. The molecule has 4 nitrogen and oxygen atoms in total. The lowest BCUT2D eigenvalue weighted by Crippen LogP contribution is -2.40. The third-order valence-corrected chi connectivity index (χ3v) is 4.99. The Labute approximate surface area is 105 Å². The largest absolute Gasteiger partial charge is 0.329 e. The summed E-state index contributed by atoms with van der Waals surface area (Å²) in [7, 11) is -2.62. The molecule has 0 saturated heterocycles. The molecule has 0 saturated carbocycles. The minimum atomic E-state index is -3.97. The number of rotatable bonds is 4. The van der Waals surface area contributed by atoms with Gasteiger partial charge in [0, 0.05) is 19.6 Å². The Morgan fingerprint density at radius 1 is 1.53 bits per heavy atom. The fraction of sp³-hybridized carbons (Fsp3) is 0.400. The van der Waals surface area contributed by atoms with Crippen LogP contribution in [0.2, 0.25) is 5.02 Å². The summed E-state index contributed by atoms with van der Waals surface area (Å²) in [5, 5.41) is -0.138. The maximum absolute atomic E-state index is 13.6. The highest BCUT2D eigenvalue weighted by molar-refractivity contribution is 7.89. The normalized spacial score (nSPS) is 14.0.